The maximum absolute atomic E-state index is 13.0. The van der Waals surface area contributed by atoms with Crippen LogP contribution in [0.5, 0.6) is 5.75 Å². The Morgan fingerprint density at radius 3 is 2.35 bits per heavy atom. The second-order valence-corrected chi connectivity index (χ2v) is 4.06. The number of primary amides is 1. The van der Waals surface area contributed by atoms with Gasteiger partial charge < -0.3 is 16.2 Å². The smallest absolute Gasteiger partial charge is 0.259 e. The van der Waals surface area contributed by atoms with Gasteiger partial charge in [0.15, 0.2) is 0 Å². The number of phenols is 1. The van der Waals surface area contributed by atoms with Gasteiger partial charge in [-0.05, 0) is 42.5 Å². The average Bonchev–Trinajstić information content (AvgIpc) is 2.42. The predicted octanol–water partition coefficient (Wildman–Crippen LogP) is 1.88. The topological polar surface area (TPSA) is 92.4 Å². The molecular formula is C14H11FN2O3. The van der Waals surface area contributed by atoms with Crippen LogP contribution in [0.15, 0.2) is 42.5 Å². The van der Waals surface area contributed by atoms with Gasteiger partial charge in [0, 0.05) is 11.3 Å². The summed E-state index contributed by atoms with van der Waals surface area (Å²) in [4.78, 5) is 22.8. The average molecular weight is 274 g/mol. The van der Waals surface area contributed by atoms with Gasteiger partial charge in [0.2, 0.25) is 5.91 Å². The number of nitrogens with two attached hydrogens (primary N) is 1. The first kappa shape index (κ1) is 13.5. The number of hydrogen-bond donors (Lipinski definition) is 3. The molecule has 0 aliphatic carbocycles. The highest BCUT2D eigenvalue weighted by atomic mass is 19.1. The molecule has 0 spiro atoms. The molecule has 0 saturated heterocycles. The molecule has 0 aliphatic heterocycles. The van der Waals surface area contributed by atoms with Crippen molar-refractivity contribution in [3.05, 3.63) is 59.4 Å². The Bertz CT molecular complexity index is 669. The highest BCUT2D eigenvalue weighted by Crippen LogP contribution is 2.19. The Kier molecular flexibility index (Phi) is 3.65. The molecular weight excluding hydrogens is 263 g/mol. The van der Waals surface area contributed by atoms with Crippen LogP contribution < -0.4 is 11.1 Å². The summed E-state index contributed by atoms with van der Waals surface area (Å²) in [5, 5.41) is 12.0. The summed E-state index contributed by atoms with van der Waals surface area (Å²) < 4.78 is 13.0. The second kappa shape index (κ2) is 5.40. The third-order valence-corrected chi connectivity index (χ3v) is 2.63. The minimum atomic E-state index is -0.658. The highest BCUT2D eigenvalue weighted by Gasteiger charge is 2.12. The Morgan fingerprint density at radius 2 is 1.75 bits per heavy atom. The standard InChI is InChI=1S/C14H11FN2O3/c15-9-3-6-12(18)11(7-9)14(20)17-10-4-1-8(2-5-10)13(16)19/h1-7,18H,(H2,16,19)(H,17,20). The summed E-state index contributed by atoms with van der Waals surface area (Å²) in [5.74, 6) is -2.19. The number of benzene rings is 2. The lowest BCUT2D eigenvalue weighted by Crippen LogP contribution is -2.13. The van der Waals surface area contributed by atoms with Gasteiger partial charge in [-0.3, -0.25) is 9.59 Å². The molecule has 2 rings (SSSR count). The molecule has 0 aliphatic rings. The number of hydrogen-bond acceptors (Lipinski definition) is 3. The van der Waals surface area contributed by atoms with Gasteiger partial charge in [0.05, 0.1) is 5.56 Å². The fraction of sp³-hybridized carbons (Fsp3) is 0. The Balaban J connectivity index is 2.19. The Labute approximate surface area is 113 Å². The summed E-state index contributed by atoms with van der Waals surface area (Å²) in [5.41, 5.74) is 5.61. The van der Waals surface area contributed by atoms with Crippen molar-refractivity contribution in [2.24, 2.45) is 5.73 Å². The molecule has 0 saturated carbocycles. The number of halogens is 1. The molecule has 20 heavy (non-hydrogen) atoms. The van der Waals surface area contributed by atoms with Crippen LogP contribution >= 0.6 is 0 Å². The Morgan fingerprint density at radius 1 is 1.10 bits per heavy atom. The highest BCUT2D eigenvalue weighted by molar-refractivity contribution is 6.06. The SMILES string of the molecule is NC(=O)c1ccc(NC(=O)c2cc(F)ccc2O)cc1. The van der Waals surface area contributed by atoms with E-state index in [1.807, 2.05) is 0 Å². The van der Waals surface area contributed by atoms with E-state index < -0.39 is 17.6 Å². The third kappa shape index (κ3) is 2.92. The van der Waals surface area contributed by atoms with Crippen LogP contribution in [0.4, 0.5) is 10.1 Å². The van der Waals surface area contributed by atoms with E-state index in [0.29, 0.717) is 11.3 Å². The maximum Gasteiger partial charge on any atom is 0.259 e. The molecule has 5 nitrogen and oxygen atoms in total. The molecule has 2 amide bonds. The Hall–Kier alpha value is -2.89. The lowest BCUT2D eigenvalue weighted by molar-refractivity contribution is 0.0998. The minimum absolute atomic E-state index is 0.177. The fourth-order valence-corrected chi connectivity index (χ4v) is 1.61. The second-order valence-electron chi connectivity index (χ2n) is 4.06. The van der Waals surface area contributed by atoms with Gasteiger partial charge in [0.25, 0.3) is 5.91 Å². The van der Waals surface area contributed by atoms with E-state index in [1.165, 1.54) is 24.3 Å². The first-order valence-corrected chi connectivity index (χ1v) is 5.67. The zero-order valence-corrected chi connectivity index (χ0v) is 10.3. The lowest BCUT2D eigenvalue weighted by Gasteiger charge is -2.07. The quantitative estimate of drug-likeness (QED) is 0.797. The number of rotatable bonds is 3. The number of anilines is 1. The molecule has 0 radical (unpaired) electrons. The number of aromatic hydroxyl groups is 1. The number of amides is 2. The van der Waals surface area contributed by atoms with E-state index in [4.69, 9.17) is 5.73 Å². The predicted molar refractivity (Wildman–Crippen MR) is 71.0 cm³/mol. The number of carbonyl (C=O) groups is 2. The van der Waals surface area contributed by atoms with Crippen LogP contribution in [0.25, 0.3) is 0 Å². The van der Waals surface area contributed by atoms with Crippen molar-refractivity contribution in [3.8, 4) is 5.75 Å². The zero-order chi connectivity index (χ0) is 14.7. The van der Waals surface area contributed by atoms with Crippen LogP contribution in [0.1, 0.15) is 20.7 Å². The van der Waals surface area contributed by atoms with E-state index in [1.54, 1.807) is 0 Å². The first-order chi connectivity index (χ1) is 9.47. The maximum atomic E-state index is 13.0. The molecule has 0 aromatic heterocycles. The number of phenolic OH excluding ortho intramolecular Hbond substituents is 1. The monoisotopic (exact) mass is 274 g/mol. The van der Waals surface area contributed by atoms with Crippen molar-refractivity contribution < 1.29 is 19.1 Å². The van der Waals surface area contributed by atoms with Crippen molar-refractivity contribution >= 4 is 17.5 Å². The summed E-state index contributed by atoms with van der Waals surface area (Å²) in [7, 11) is 0. The van der Waals surface area contributed by atoms with Crippen molar-refractivity contribution in [2.75, 3.05) is 5.32 Å². The minimum Gasteiger partial charge on any atom is -0.507 e. The number of carbonyl (C=O) groups excluding carboxylic acids is 2. The summed E-state index contributed by atoms with van der Waals surface area (Å²) in [6, 6.07) is 8.94. The number of nitrogens with one attached hydrogen (secondary N) is 1. The molecule has 4 N–H and O–H groups in total. The van der Waals surface area contributed by atoms with Gasteiger partial charge >= 0.3 is 0 Å². The third-order valence-electron chi connectivity index (χ3n) is 2.63. The fourth-order valence-electron chi connectivity index (χ4n) is 1.61. The van der Waals surface area contributed by atoms with Crippen molar-refractivity contribution in [2.45, 2.75) is 0 Å². The molecule has 6 heteroatoms. The largest absolute Gasteiger partial charge is 0.507 e. The van der Waals surface area contributed by atoms with Crippen molar-refractivity contribution in [3.63, 3.8) is 0 Å². The first-order valence-electron chi connectivity index (χ1n) is 5.67. The van der Waals surface area contributed by atoms with Gasteiger partial charge in [-0.15, -0.1) is 0 Å². The zero-order valence-electron chi connectivity index (χ0n) is 10.3. The normalized spacial score (nSPS) is 10.1. The molecule has 2 aromatic rings. The van der Waals surface area contributed by atoms with E-state index in [9.17, 15) is 19.1 Å². The summed E-state index contributed by atoms with van der Waals surface area (Å²) in [6.45, 7) is 0. The molecule has 0 fully saturated rings. The van der Waals surface area contributed by atoms with Crippen LogP contribution in [0, 0.1) is 5.82 Å². The van der Waals surface area contributed by atoms with Crippen LogP contribution in [0.3, 0.4) is 0 Å². The summed E-state index contributed by atoms with van der Waals surface area (Å²) in [6.07, 6.45) is 0. The van der Waals surface area contributed by atoms with Crippen molar-refractivity contribution in [1.82, 2.24) is 0 Å². The molecule has 0 unspecified atom stereocenters. The van der Waals surface area contributed by atoms with E-state index in [-0.39, 0.29) is 11.3 Å². The van der Waals surface area contributed by atoms with Crippen LogP contribution in [0.2, 0.25) is 0 Å². The van der Waals surface area contributed by atoms with E-state index in [0.717, 1.165) is 18.2 Å². The van der Waals surface area contributed by atoms with Gasteiger partial charge in [-0.1, -0.05) is 0 Å². The molecule has 2 aromatic carbocycles. The van der Waals surface area contributed by atoms with Crippen molar-refractivity contribution in [1.29, 1.82) is 0 Å². The van der Waals surface area contributed by atoms with Crippen LogP contribution in [-0.4, -0.2) is 16.9 Å². The lowest BCUT2D eigenvalue weighted by atomic mass is 10.1. The summed E-state index contributed by atoms with van der Waals surface area (Å²) >= 11 is 0. The molecule has 102 valence electrons. The van der Waals surface area contributed by atoms with Crippen LogP contribution in [-0.2, 0) is 0 Å². The molecule has 0 heterocycles. The van der Waals surface area contributed by atoms with E-state index in [2.05, 4.69) is 5.32 Å². The molecule has 0 bridgehead atoms. The van der Waals surface area contributed by atoms with Gasteiger partial charge in [-0.2, -0.15) is 0 Å². The van der Waals surface area contributed by atoms with E-state index >= 15 is 0 Å². The molecule has 0 atom stereocenters. The van der Waals surface area contributed by atoms with Gasteiger partial charge in [-0.25, -0.2) is 4.39 Å². The van der Waals surface area contributed by atoms with Gasteiger partial charge in [0.1, 0.15) is 11.6 Å².